The number of anilines is 1. The molecule has 0 unspecified atom stereocenters. The van der Waals surface area contributed by atoms with Crippen LogP contribution in [0.5, 0.6) is 0 Å². The molecule has 0 aliphatic rings. The van der Waals surface area contributed by atoms with Crippen LogP contribution in [0.25, 0.3) is 10.9 Å². The highest BCUT2D eigenvalue weighted by Gasteiger charge is 2.33. The molecule has 0 aliphatic carbocycles. The summed E-state index contributed by atoms with van der Waals surface area (Å²) < 4.78 is 39.8. The predicted molar refractivity (Wildman–Crippen MR) is 89.9 cm³/mol. The number of carbonyl (C=O) groups excluding carboxylic acids is 1. The van der Waals surface area contributed by atoms with E-state index in [2.05, 4.69) is 15.4 Å². The van der Waals surface area contributed by atoms with Gasteiger partial charge in [-0.05, 0) is 24.3 Å². The highest BCUT2D eigenvalue weighted by molar-refractivity contribution is 6.04. The third-order valence-corrected chi connectivity index (χ3v) is 3.80. The first kappa shape index (κ1) is 18.8. The van der Waals surface area contributed by atoms with Crippen LogP contribution in [0.3, 0.4) is 0 Å². The molecule has 3 rings (SSSR count). The van der Waals surface area contributed by atoms with Gasteiger partial charge in [0.15, 0.2) is 0 Å². The summed E-state index contributed by atoms with van der Waals surface area (Å²) in [5.74, 6) is -0.835. The first-order valence-corrected chi connectivity index (χ1v) is 7.89. The van der Waals surface area contributed by atoms with Gasteiger partial charge in [-0.15, -0.1) is 0 Å². The smallest absolute Gasteiger partial charge is 0.394 e. The van der Waals surface area contributed by atoms with Gasteiger partial charge in [-0.1, -0.05) is 6.07 Å². The Hall–Kier alpha value is -2.98. The Labute approximate surface area is 151 Å². The number of pyridine rings is 1. The number of benzene rings is 1. The van der Waals surface area contributed by atoms with Crippen molar-refractivity contribution in [3.8, 4) is 0 Å². The van der Waals surface area contributed by atoms with E-state index >= 15 is 0 Å². The summed E-state index contributed by atoms with van der Waals surface area (Å²) in [5, 5.41) is 25.8. The van der Waals surface area contributed by atoms with Crippen LogP contribution >= 0.6 is 0 Å². The van der Waals surface area contributed by atoms with Crippen LogP contribution in [-0.2, 0) is 19.3 Å². The van der Waals surface area contributed by atoms with Gasteiger partial charge >= 0.3 is 6.18 Å². The minimum atomic E-state index is -4.66. The summed E-state index contributed by atoms with van der Waals surface area (Å²) in [6.07, 6.45) is -3.02. The van der Waals surface area contributed by atoms with Gasteiger partial charge in [-0.25, -0.2) is 4.98 Å². The molecule has 3 N–H and O–H groups in total. The Morgan fingerprint density at radius 3 is 2.67 bits per heavy atom. The molecule has 1 aromatic carbocycles. The van der Waals surface area contributed by atoms with Crippen LogP contribution in [0.4, 0.5) is 18.9 Å². The molecule has 27 heavy (non-hydrogen) atoms. The molecule has 0 fully saturated rings. The minimum absolute atomic E-state index is 0.106. The molecule has 0 bridgehead atoms. The molecule has 3 aromatic rings. The lowest BCUT2D eigenvalue weighted by atomic mass is 10.1. The molecule has 2 aromatic heterocycles. The van der Waals surface area contributed by atoms with Crippen LogP contribution < -0.4 is 5.32 Å². The first-order chi connectivity index (χ1) is 12.8. The number of alkyl halides is 3. The SMILES string of the molecule is O=C(Nc1cc2cn(CCO)nc2cc1CO)c1cccc(C(F)(F)F)n1. The molecular formula is C17H15F3N4O3. The average Bonchev–Trinajstić information content (AvgIpc) is 3.02. The standard InChI is InChI=1S/C17H15F3N4O3/c18-17(19,20)15-3-1-2-12(21-15)16(27)22-13-6-10-8-24(4-5-25)23-14(10)7-11(13)9-26/h1-3,6-8,25-26H,4-5,9H2,(H,22,27). The summed E-state index contributed by atoms with van der Waals surface area (Å²) in [6, 6.07) is 6.14. The second kappa shape index (κ2) is 7.33. The van der Waals surface area contributed by atoms with E-state index in [1.807, 2.05) is 0 Å². The van der Waals surface area contributed by atoms with Gasteiger partial charge < -0.3 is 15.5 Å². The number of amides is 1. The van der Waals surface area contributed by atoms with E-state index in [-0.39, 0.29) is 18.8 Å². The van der Waals surface area contributed by atoms with E-state index in [4.69, 9.17) is 5.11 Å². The lowest BCUT2D eigenvalue weighted by Crippen LogP contribution is -2.17. The molecule has 0 spiro atoms. The van der Waals surface area contributed by atoms with Crippen molar-refractivity contribution in [2.75, 3.05) is 11.9 Å². The molecule has 0 saturated carbocycles. The van der Waals surface area contributed by atoms with Gasteiger partial charge in [-0.2, -0.15) is 18.3 Å². The fraction of sp³-hybridized carbons (Fsp3) is 0.235. The average molecular weight is 380 g/mol. The van der Waals surface area contributed by atoms with Crippen molar-refractivity contribution in [3.63, 3.8) is 0 Å². The van der Waals surface area contributed by atoms with Crippen molar-refractivity contribution < 1.29 is 28.2 Å². The number of nitrogens with zero attached hydrogens (tertiary/aromatic N) is 3. The van der Waals surface area contributed by atoms with Crippen LogP contribution in [-0.4, -0.2) is 37.5 Å². The van der Waals surface area contributed by atoms with E-state index < -0.39 is 30.1 Å². The first-order valence-electron chi connectivity index (χ1n) is 7.89. The maximum atomic E-state index is 12.8. The lowest BCUT2D eigenvalue weighted by molar-refractivity contribution is -0.141. The summed E-state index contributed by atoms with van der Waals surface area (Å²) in [4.78, 5) is 15.7. The number of aliphatic hydroxyl groups excluding tert-OH is 2. The van der Waals surface area contributed by atoms with E-state index in [0.29, 0.717) is 16.5 Å². The number of fused-ring (bicyclic) bond motifs is 1. The molecule has 142 valence electrons. The zero-order valence-electron chi connectivity index (χ0n) is 13.9. The van der Waals surface area contributed by atoms with E-state index in [9.17, 15) is 23.1 Å². The van der Waals surface area contributed by atoms with Crippen LogP contribution in [0.15, 0.2) is 36.5 Å². The maximum Gasteiger partial charge on any atom is 0.433 e. The number of rotatable bonds is 5. The molecular weight excluding hydrogens is 365 g/mol. The van der Waals surface area contributed by atoms with Crippen LogP contribution in [0.2, 0.25) is 0 Å². The maximum absolute atomic E-state index is 12.8. The zero-order valence-corrected chi connectivity index (χ0v) is 13.9. The second-order valence-corrected chi connectivity index (χ2v) is 5.70. The Bertz CT molecular complexity index is 985. The van der Waals surface area contributed by atoms with Crippen molar-refractivity contribution >= 4 is 22.5 Å². The third-order valence-electron chi connectivity index (χ3n) is 3.80. The van der Waals surface area contributed by atoms with Crippen molar-refractivity contribution in [1.82, 2.24) is 14.8 Å². The number of hydrogen-bond acceptors (Lipinski definition) is 5. The molecule has 10 heteroatoms. The Balaban J connectivity index is 1.92. The molecule has 2 heterocycles. The topological polar surface area (TPSA) is 100 Å². The molecule has 7 nitrogen and oxygen atoms in total. The van der Waals surface area contributed by atoms with E-state index in [1.165, 1.54) is 10.7 Å². The number of aliphatic hydroxyl groups is 2. The number of hydrogen-bond donors (Lipinski definition) is 3. The predicted octanol–water partition coefficient (Wildman–Crippen LogP) is 2.19. The molecule has 0 atom stereocenters. The molecule has 0 saturated heterocycles. The van der Waals surface area contributed by atoms with Crippen LogP contribution in [0.1, 0.15) is 21.7 Å². The summed E-state index contributed by atoms with van der Waals surface area (Å²) in [7, 11) is 0. The van der Waals surface area contributed by atoms with Gasteiger partial charge in [0.2, 0.25) is 0 Å². The minimum Gasteiger partial charge on any atom is -0.394 e. The molecule has 0 aliphatic heterocycles. The molecule has 1 amide bonds. The lowest BCUT2D eigenvalue weighted by Gasteiger charge is -2.11. The quantitative estimate of drug-likeness (QED) is 0.630. The highest BCUT2D eigenvalue weighted by Crippen LogP contribution is 2.28. The fourth-order valence-corrected chi connectivity index (χ4v) is 2.54. The Morgan fingerprint density at radius 2 is 2.00 bits per heavy atom. The second-order valence-electron chi connectivity index (χ2n) is 5.70. The molecule has 0 radical (unpaired) electrons. The van der Waals surface area contributed by atoms with Gasteiger partial charge in [-0.3, -0.25) is 9.48 Å². The van der Waals surface area contributed by atoms with E-state index in [1.54, 1.807) is 18.3 Å². The number of carbonyl (C=O) groups is 1. The van der Waals surface area contributed by atoms with Gasteiger partial charge in [0.25, 0.3) is 5.91 Å². The summed E-state index contributed by atoms with van der Waals surface area (Å²) >= 11 is 0. The monoisotopic (exact) mass is 380 g/mol. The van der Waals surface area contributed by atoms with Crippen LogP contribution in [0, 0.1) is 0 Å². The largest absolute Gasteiger partial charge is 0.433 e. The van der Waals surface area contributed by atoms with Gasteiger partial charge in [0.1, 0.15) is 11.4 Å². The van der Waals surface area contributed by atoms with Gasteiger partial charge in [0.05, 0.1) is 25.3 Å². The number of halogens is 3. The normalized spacial score (nSPS) is 11.7. The Kier molecular flexibility index (Phi) is 5.10. The highest BCUT2D eigenvalue weighted by atomic mass is 19.4. The number of aromatic nitrogens is 3. The Morgan fingerprint density at radius 1 is 1.22 bits per heavy atom. The number of nitrogens with one attached hydrogen (secondary N) is 1. The van der Waals surface area contributed by atoms with Crippen molar-refractivity contribution in [2.45, 2.75) is 19.3 Å². The van der Waals surface area contributed by atoms with Crippen molar-refractivity contribution in [2.24, 2.45) is 0 Å². The fourth-order valence-electron chi connectivity index (χ4n) is 2.54. The van der Waals surface area contributed by atoms with E-state index in [0.717, 1.165) is 12.1 Å². The van der Waals surface area contributed by atoms with Gasteiger partial charge in [0, 0.05) is 22.8 Å². The van der Waals surface area contributed by atoms with Crippen molar-refractivity contribution in [1.29, 1.82) is 0 Å². The summed E-state index contributed by atoms with van der Waals surface area (Å²) in [5.41, 5.74) is -0.444. The zero-order chi connectivity index (χ0) is 19.6. The summed E-state index contributed by atoms with van der Waals surface area (Å²) in [6.45, 7) is -0.237. The third kappa shape index (κ3) is 4.07. The van der Waals surface area contributed by atoms with Crippen molar-refractivity contribution in [3.05, 3.63) is 53.5 Å².